The SMILES string of the molecule is CCNCc1cc(N(C)c2cc(C)cc(C)c2)ccn1. The van der Waals surface area contributed by atoms with Gasteiger partial charge in [0.05, 0.1) is 5.69 Å². The van der Waals surface area contributed by atoms with Gasteiger partial charge in [0.25, 0.3) is 0 Å². The Labute approximate surface area is 121 Å². The van der Waals surface area contributed by atoms with Crippen LogP contribution in [0.15, 0.2) is 36.5 Å². The van der Waals surface area contributed by atoms with Crippen molar-refractivity contribution in [2.75, 3.05) is 18.5 Å². The Morgan fingerprint density at radius 2 is 1.75 bits per heavy atom. The van der Waals surface area contributed by atoms with Crippen molar-refractivity contribution in [3.05, 3.63) is 53.3 Å². The van der Waals surface area contributed by atoms with Gasteiger partial charge in [-0.15, -0.1) is 0 Å². The van der Waals surface area contributed by atoms with Crippen molar-refractivity contribution >= 4 is 11.4 Å². The number of hydrogen-bond acceptors (Lipinski definition) is 3. The molecule has 0 spiro atoms. The first kappa shape index (κ1) is 14.5. The van der Waals surface area contributed by atoms with Crippen LogP contribution in [0.5, 0.6) is 0 Å². The summed E-state index contributed by atoms with van der Waals surface area (Å²) in [6, 6.07) is 10.8. The number of pyridine rings is 1. The molecule has 0 amide bonds. The largest absolute Gasteiger partial charge is 0.345 e. The minimum atomic E-state index is 0.811. The maximum absolute atomic E-state index is 4.40. The lowest BCUT2D eigenvalue weighted by Gasteiger charge is -2.21. The summed E-state index contributed by atoms with van der Waals surface area (Å²) in [6.07, 6.45) is 1.88. The van der Waals surface area contributed by atoms with Crippen LogP contribution < -0.4 is 10.2 Å². The summed E-state index contributed by atoms with van der Waals surface area (Å²) in [6.45, 7) is 8.14. The smallest absolute Gasteiger partial charge is 0.0562 e. The van der Waals surface area contributed by atoms with Gasteiger partial charge in [-0.05, 0) is 55.8 Å². The fourth-order valence-corrected chi connectivity index (χ4v) is 2.32. The predicted octanol–water partition coefficient (Wildman–Crippen LogP) is 3.58. The molecule has 1 aromatic heterocycles. The zero-order valence-electron chi connectivity index (χ0n) is 12.8. The van der Waals surface area contributed by atoms with Crippen molar-refractivity contribution in [1.82, 2.24) is 10.3 Å². The van der Waals surface area contributed by atoms with E-state index in [9.17, 15) is 0 Å². The lowest BCUT2D eigenvalue weighted by molar-refractivity contribution is 0.710. The predicted molar refractivity (Wildman–Crippen MR) is 85.6 cm³/mol. The Morgan fingerprint density at radius 3 is 2.40 bits per heavy atom. The second-order valence-corrected chi connectivity index (χ2v) is 5.19. The van der Waals surface area contributed by atoms with Crippen molar-refractivity contribution < 1.29 is 0 Å². The average Bonchev–Trinajstić information content (AvgIpc) is 2.43. The van der Waals surface area contributed by atoms with E-state index in [-0.39, 0.29) is 0 Å². The fourth-order valence-electron chi connectivity index (χ4n) is 2.32. The molecule has 0 aliphatic carbocycles. The van der Waals surface area contributed by atoms with Crippen molar-refractivity contribution in [2.45, 2.75) is 27.3 Å². The lowest BCUT2D eigenvalue weighted by atomic mass is 10.1. The number of anilines is 2. The van der Waals surface area contributed by atoms with Crippen molar-refractivity contribution in [1.29, 1.82) is 0 Å². The standard InChI is InChI=1S/C17H23N3/c1-5-18-12-15-11-16(6-7-19-15)20(4)17-9-13(2)8-14(3)10-17/h6-11,18H,5,12H2,1-4H3. The maximum Gasteiger partial charge on any atom is 0.0562 e. The quantitative estimate of drug-likeness (QED) is 0.899. The average molecular weight is 269 g/mol. The first-order valence-electron chi connectivity index (χ1n) is 7.08. The van der Waals surface area contributed by atoms with E-state index in [1.54, 1.807) is 0 Å². The highest BCUT2D eigenvalue weighted by atomic mass is 15.1. The monoisotopic (exact) mass is 269 g/mol. The zero-order valence-corrected chi connectivity index (χ0v) is 12.8. The van der Waals surface area contributed by atoms with Crippen LogP contribution in [0.3, 0.4) is 0 Å². The Bertz CT molecular complexity index is 558. The van der Waals surface area contributed by atoms with E-state index in [4.69, 9.17) is 0 Å². The summed E-state index contributed by atoms with van der Waals surface area (Å²) >= 11 is 0. The minimum Gasteiger partial charge on any atom is -0.345 e. The van der Waals surface area contributed by atoms with Crippen LogP contribution in [0.2, 0.25) is 0 Å². The van der Waals surface area contributed by atoms with Crippen LogP contribution >= 0.6 is 0 Å². The Morgan fingerprint density at radius 1 is 1.05 bits per heavy atom. The molecule has 0 fully saturated rings. The van der Waals surface area contributed by atoms with Crippen LogP contribution in [-0.2, 0) is 6.54 Å². The number of aryl methyl sites for hydroxylation is 2. The van der Waals surface area contributed by atoms with E-state index in [2.05, 4.69) is 67.3 Å². The van der Waals surface area contributed by atoms with Gasteiger partial charge in [0, 0.05) is 31.2 Å². The van der Waals surface area contributed by atoms with Gasteiger partial charge >= 0.3 is 0 Å². The van der Waals surface area contributed by atoms with Gasteiger partial charge in [0.1, 0.15) is 0 Å². The first-order chi connectivity index (χ1) is 9.60. The molecule has 0 saturated heterocycles. The van der Waals surface area contributed by atoms with Crippen LogP contribution in [0.4, 0.5) is 11.4 Å². The van der Waals surface area contributed by atoms with Crippen LogP contribution in [0.25, 0.3) is 0 Å². The van der Waals surface area contributed by atoms with E-state index in [0.29, 0.717) is 0 Å². The molecular weight excluding hydrogens is 246 g/mol. The first-order valence-corrected chi connectivity index (χ1v) is 7.08. The molecule has 2 rings (SSSR count). The van der Waals surface area contributed by atoms with Crippen molar-refractivity contribution in [3.8, 4) is 0 Å². The Hall–Kier alpha value is -1.87. The summed E-state index contributed by atoms with van der Waals surface area (Å²) in [5, 5.41) is 3.31. The third kappa shape index (κ3) is 3.58. The molecule has 0 unspecified atom stereocenters. The number of rotatable bonds is 5. The molecule has 0 aliphatic rings. The minimum absolute atomic E-state index is 0.811. The number of aromatic nitrogens is 1. The summed E-state index contributed by atoms with van der Waals surface area (Å²) in [5.41, 5.74) is 6.02. The van der Waals surface area contributed by atoms with Gasteiger partial charge in [-0.3, -0.25) is 4.98 Å². The normalized spacial score (nSPS) is 10.6. The van der Waals surface area contributed by atoms with Gasteiger partial charge in [0.2, 0.25) is 0 Å². The van der Waals surface area contributed by atoms with Crippen LogP contribution in [0, 0.1) is 13.8 Å². The number of hydrogen-bond donors (Lipinski definition) is 1. The molecule has 0 bridgehead atoms. The molecule has 1 heterocycles. The lowest BCUT2D eigenvalue weighted by Crippen LogP contribution is -2.14. The topological polar surface area (TPSA) is 28.2 Å². The molecule has 2 aromatic rings. The third-order valence-corrected chi connectivity index (χ3v) is 3.34. The molecular formula is C17H23N3. The molecule has 0 atom stereocenters. The van der Waals surface area contributed by atoms with Gasteiger partial charge < -0.3 is 10.2 Å². The van der Waals surface area contributed by atoms with Crippen LogP contribution in [0.1, 0.15) is 23.7 Å². The highest BCUT2D eigenvalue weighted by Gasteiger charge is 2.06. The molecule has 106 valence electrons. The summed E-state index contributed by atoms with van der Waals surface area (Å²) in [5.74, 6) is 0. The highest BCUT2D eigenvalue weighted by Crippen LogP contribution is 2.25. The summed E-state index contributed by atoms with van der Waals surface area (Å²) in [7, 11) is 2.10. The van der Waals surface area contributed by atoms with Gasteiger partial charge in [-0.2, -0.15) is 0 Å². The molecule has 3 heteroatoms. The zero-order chi connectivity index (χ0) is 14.5. The highest BCUT2D eigenvalue weighted by molar-refractivity contribution is 5.63. The summed E-state index contributed by atoms with van der Waals surface area (Å²) in [4.78, 5) is 6.60. The number of benzene rings is 1. The molecule has 3 nitrogen and oxygen atoms in total. The van der Waals surface area contributed by atoms with E-state index in [1.165, 1.54) is 16.8 Å². The van der Waals surface area contributed by atoms with E-state index >= 15 is 0 Å². The van der Waals surface area contributed by atoms with Gasteiger partial charge in [-0.1, -0.05) is 13.0 Å². The molecule has 1 N–H and O–H groups in total. The second kappa shape index (κ2) is 6.53. The Balaban J connectivity index is 2.25. The van der Waals surface area contributed by atoms with Crippen LogP contribution in [-0.4, -0.2) is 18.6 Å². The van der Waals surface area contributed by atoms with Crippen molar-refractivity contribution in [3.63, 3.8) is 0 Å². The second-order valence-electron chi connectivity index (χ2n) is 5.19. The van der Waals surface area contributed by atoms with E-state index in [0.717, 1.165) is 24.5 Å². The molecule has 0 radical (unpaired) electrons. The maximum atomic E-state index is 4.40. The molecule has 1 aromatic carbocycles. The molecule has 0 saturated carbocycles. The molecule has 20 heavy (non-hydrogen) atoms. The number of nitrogens with one attached hydrogen (secondary N) is 1. The fraction of sp³-hybridized carbons (Fsp3) is 0.353. The van der Waals surface area contributed by atoms with Gasteiger partial charge in [-0.25, -0.2) is 0 Å². The summed E-state index contributed by atoms with van der Waals surface area (Å²) < 4.78 is 0. The third-order valence-electron chi connectivity index (χ3n) is 3.34. The van der Waals surface area contributed by atoms with E-state index < -0.39 is 0 Å². The van der Waals surface area contributed by atoms with Crippen molar-refractivity contribution in [2.24, 2.45) is 0 Å². The molecule has 0 aliphatic heterocycles. The Kier molecular flexibility index (Phi) is 4.74. The number of nitrogens with zero attached hydrogens (tertiary/aromatic N) is 2. The van der Waals surface area contributed by atoms with Gasteiger partial charge in [0.15, 0.2) is 0 Å². The van der Waals surface area contributed by atoms with E-state index in [1.807, 2.05) is 12.3 Å².